The Hall–Kier alpha value is -1.31. The minimum Gasteiger partial charge on any atom is -0.391 e. The summed E-state index contributed by atoms with van der Waals surface area (Å²) in [6.07, 6.45) is 3.01. The molecule has 21 heavy (non-hydrogen) atoms. The number of nitrogens with one attached hydrogen (secondary N) is 2. The minimum absolute atomic E-state index is 0.148. The van der Waals surface area contributed by atoms with Gasteiger partial charge in [-0.15, -0.1) is 0 Å². The van der Waals surface area contributed by atoms with Crippen LogP contribution < -0.4 is 5.56 Å². The van der Waals surface area contributed by atoms with Crippen LogP contribution >= 0.6 is 11.8 Å². The van der Waals surface area contributed by atoms with Gasteiger partial charge in [-0.2, -0.15) is 11.8 Å². The average molecular weight is 308 g/mol. The summed E-state index contributed by atoms with van der Waals surface area (Å²) in [5, 5.41) is 10.1. The molecule has 1 aliphatic heterocycles. The number of hydrogen-bond acceptors (Lipinski definition) is 5. The zero-order valence-electron chi connectivity index (χ0n) is 12.0. The van der Waals surface area contributed by atoms with Crippen molar-refractivity contribution in [2.45, 2.75) is 19.6 Å². The normalized spacial score (nSPS) is 23.1. The van der Waals surface area contributed by atoms with E-state index in [0.29, 0.717) is 24.5 Å². The second-order valence-corrected chi connectivity index (χ2v) is 6.77. The SMILES string of the molecule is CCSC[C@H]1CN(Cc2c[nH]c3c(=O)[nH]cnc23)C[C@@H]1O. The molecule has 114 valence electrons. The summed E-state index contributed by atoms with van der Waals surface area (Å²) in [7, 11) is 0. The molecule has 2 aromatic rings. The van der Waals surface area contributed by atoms with E-state index < -0.39 is 0 Å². The smallest absolute Gasteiger partial charge is 0.275 e. The van der Waals surface area contributed by atoms with Gasteiger partial charge in [0.15, 0.2) is 0 Å². The number of thioether (sulfide) groups is 1. The molecule has 1 aliphatic rings. The summed E-state index contributed by atoms with van der Waals surface area (Å²) < 4.78 is 0. The van der Waals surface area contributed by atoms with Crippen molar-refractivity contribution in [3.8, 4) is 0 Å². The standard InChI is InChI=1S/C14H20N4O2S/c1-2-21-7-10-5-18(6-11(10)19)4-9-3-15-13-12(9)16-8-17-14(13)20/h3,8,10-11,15,19H,2,4-7H2,1H3,(H,16,17,20)/t10-,11+/m1/s1. The third kappa shape index (κ3) is 3.00. The number of H-pyrrole nitrogens is 2. The zero-order valence-corrected chi connectivity index (χ0v) is 12.8. The lowest BCUT2D eigenvalue weighted by atomic mass is 10.1. The third-order valence-electron chi connectivity index (χ3n) is 3.96. The maximum atomic E-state index is 11.7. The van der Waals surface area contributed by atoms with Crippen LogP contribution in [-0.2, 0) is 6.54 Å². The lowest BCUT2D eigenvalue weighted by Gasteiger charge is -2.14. The van der Waals surface area contributed by atoms with E-state index in [1.165, 1.54) is 6.33 Å². The van der Waals surface area contributed by atoms with Crippen molar-refractivity contribution in [1.29, 1.82) is 0 Å². The van der Waals surface area contributed by atoms with Crippen LogP contribution in [0.3, 0.4) is 0 Å². The minimum atomic E-state index is -0.259. The van der Waals surface area contributed by atoms with E-state index in [0.717, 1.165) is 29.1 Å². The van der Waals surface area contributed by atoms with E-state index in [9.17, 15) is 9.90 Å². The lowest BCUT2D eigenvalue weighted by molar-refractivity contribution is 0.149. The van der Waals surface area contributed by atoms with Gasteiger partial charge < -0.3 is 15.1 Å². The number of nitrogens with zero attached hydrogens (tertiary/aromatic N) is 2. The van der Waals surface area contributed by atoms with Crippen molar-refractivity contribution in [2.75, 3.05) is 24.6 Å². The van der Waals surface area contributed by atoms with Crippen LogP contribution in [-0.4, -0.2) is 55.7 Å². The number of β-amino-alcohol motifs (C(OH)–C–C–N with tert-alkyl or cyclic N) is 1. The average Bonchev–Trinajstić information content (AvgIpc) is 3.02. The molecule has 0 amide bonds. The summed E-state index contributed by atoms with van der Waals surface area (Å²) >= 11 is 1.87. The van der Waals surface area contributed by atoms with Crippen LogP contribution in [0.4, 0.5) is 0 Å². The quantitative estimate of drug-likeness (QED) is 0.761. The molecular weight excluding hydrogens is 288 g/mol. The molecule has 0 spiro atoms. The number of aliphatic hydroxyl groups excluding tert-OH is 1. The Morgan fingerprint density at radius 3 is 3.14 bits per heavy atom. The molecule has 6 nitrogen and oxygen atoms in total. The first-order chi connectivity index (χ1) is 10.2. The fourth-order valence-corrected chi connectivity index (χ4v) is 3.74. The highest BCUT2D eigenvalue weighted by Crippen LogP contribution is 2.24. The second-order valence-electron chi connectivity index (χ2n) is 5.45. The predicted octanol–water partition coefficient (Wildman–Crippen LogP) is 0.797. The maximum absolute atomic E-state index is 11.7. The Balaban J connectivity index is 1.72. The van der Waals surface area contributed by atoms with Crippen LogP contribution in [0.2, 0.25) is 0 Å². The highest BCUT2D eigenvalue weighted by Gasteiger charge is 2.31. The van der Waals surface area contributed by atoms with Gasteiger partial charge in [-0.25, -0.2) is 4.98 Å². The molecule has 0 saturated carbocycles. The first-order valence-corrected chi connectivity index (χ1v) is 8.36. The first kappa shape index (κ1) is 14.6. The van der Waals surface area contributed by atoms with Gasteiger partial charge in [-0.3, -0.25) is 9.69 Å². The largest absolute Gasteiger partial charge is 0.391 e. The Morgan fingerprint density at radius 2 is 2.33 bits per heavy atom. The van der Waals surface area contributed by atoms with E-state index in [1.54, 1.807) is 0 Å². The zero-order chi connectivity index (χ0) is 14.8. The number of fused-ring (bicyclic) bond motifs is 1. The molecule has 2 aromatic heterocycles. The number of aliphatic hydroxyl groups is 1. The van der Waals surface area contributed by atoms with Crippen LogP contribution in [0.5, 0.6) is 0 Å². The number of aromatic amines is 2. The highest BCUT2D eigenvalue weighted by atomic mass is 32.2. The maximum Gasteiger partial charge on any atom is 0.275 e. The molecule has 0 aliphatic carbocycles. The molecule has 2 atom stereocenters. The van der Waals surface area contributed by atoms with E-state index in [-0.39, 0.29) is 11.7 Å². The van der Waals surface area contributed by atoms with Gasteiger partial charge in [0.25, 0.3) is 5.56 Å². The Morgan fingerprint density at radius 1 is 1.48 bits per heavy atom. The summed E-state index contributed by atoms with van der Waals surface area (Å²) in [5.41, 5.74) is 2.10. The lowest BCUT2D eigenvalue weighted by Crippen LogP contribution is -2.21. The van der Waals surface area contributed by atoms with Crippen molar-refractivity contribution >= 4 is 22.8 Å². The van der Waals surface area contributed by atoms with E-state index in [1.807, 2.05) is 18.0 Å². The van der Waals surface area contributed by atoms with Crippen molar-refractivity contribution in [2.24, 2.45) is 5.92 Å². The van der Waals surface area contributed by atoms with Gasteiger partial charge in [0.1, 0.15) is 5.52 Å². The Labute approximate surface area is 127 Å². The van der Waals surface area contributed by atoms with Gasteiger partial charge in [0, 0.05) is 37.3 Å². The fraction of sp³-hybridized carbons (Fsp3) is 0.571. The van der Waals surface area contributed by atoms with Crippen molar-refractivity contribution in [3.63, 3.8) is 0 Å². The molecule has 0 aromatic carbocycles. The number of hydrogen-bond donors (Lipinski definition) is 3. The number of aromatic nitrogens is 3. The number of likely N-dealkylation sites (tertiary alicyclic amines) is 1. The fourth-order valence-electron chi connectivity index (χ4n) is 2.87. The molecule has 3 heterocycles. The third-order valence-corrected chi connectivity index (χ3v) is 5.03. The van der Waals surface area contributed by atoms with Crippen LogP contribution in [0.15, 0.2) is 17.3 Å². The van der Waals surface area contributed by atoms with E-state index in [4.69, 9.17) is 0 Å². The summed E-state index contributed by atoms with van der Waals surface area (Å²) in [5.74, 6) is 2.41. The molecule has 3 rings (SSSR count). The molecule has 0 bridgehead atoms. The van der Waals surface area contributed by atoms with Crippen molar-refractivity contribution in [1.82, 2.24) is 19.9 Å². The van der Waals surface area contributed by atoms with Crippen LogP contribution in [0, 0.1) is 5.92 Å². The molecule has 1 saturated heterocycles. The van der Waals surface area contributed by atoms with Crippen LogP contribution in [0.25, 0.3) is 11.0 Å². The van der Waals surface area contributed by atoms with Crippen molar-refractivity contribution < 1.29 is 5.11 Å². The highest BCUT2D eigenvalue weighted by molar-refractivity contribution is 7.99. The Kier molecular flexibility index (Phi) is 4.32. The van der Waals surface area contributed by atoms with Gasteiger partial charge >= 0.3 is 0 Å². The van der Waals surface area contributed by atoms with E-state index >= 15 is 0 Å². The summed E-state index contributed by atoms with van der Waals surface area (Å²) in [6, 6.07) is 0. The summed E-state index contributed by atoms with van der Waals surface area (Å²) in [4.78, 5) is 23.7. The second kappa shape index (κ2) is 6.21. The molecule has 1 fully saturated rings. The van der Waals surface area contributed by atoms with Gasteiger partial charge in [-0.1, -0.05) is 6.92 Å². The predicted molar refractivity (Wildman–Crippen MR) is 84.5 cm³/mol. The van der Waals surface area contributed by atoms with Gasteiger partial charge in [-0.05, 0) is 11.5 Å². The summed E-state index contributed by atoms with van der Waals surface area (Å²) in [6.45, 7) is 4.43. The van der Waals surface area contributed by atoms with Gasteiger partial charge in [0.2, 0.25) is 0 Å². The molecular formula is C14H20N4O2S. The molecule has 7 heteroatoms. The number of rotatable bonds is 5. The van der Waals surface area contributed by atoms with E-state index in [2.05, 4.69) is 26.8 Å². The molecule has 0 unspecified atom stereocenters. The monoisotopic (exact) mass is 308 g/mol. The molecule has 0 radical (unpaired) electrons. The first-order valence-electron chi connectivity index (χ1n) is 7.20. The van der Waals surface area contributed by atoms with Crippen molar-refractivity contribution in [3.05, 3.63) is 28.4 Å². The molecule has 3 N–H and O–H groups in total. The topological polar surface area (TPSA) is 85.0 Å². The Bertz CT molecular complexity index is 668. The van der Waals surface area contributed by atoms with Crippen LogP contribution in [0.1, 0.15) is 12.5 Å². The van der Waals surface area contributed by atoms with Gasteiger partial charge in [0.05, 0.1) is 17.9 Å².